The second-order valence-electron chi connectivity index (χ2n) is 2.85. The molecule has 0 aliphatic carbocycles. The Morgan fingerprint density at radius 2 is 2.33 bits per heavy atom. The van der Waals surface area contributed by atoms with Crippen molar-refractivity contribution < 1.29 is 9.32 Å². The van der Waals surface area contributed by atoms with Crippen molar-refractivity contribution in [3.8, 4) is 11.5 Å². The predicted molar refractivity (Wildman–Crippen MR) is 49.4 cm³/mol. The fourth-order valence-electron chi connectivity index (χ4n) is 1.04. The van der Waals surface area contributed by atoms with E-state index >= 15 is 0 Å². The molecule has 0 fully saturated rings. The van der Waals surface area contributed by atoms with Crippen molar-refractivity contribution in [3.05, 3.63) is 12.0 Å². The maximum atomic E-state index is 10.7. The zero-order valence-electron chi connectivity index (χ0n) is 7.84. The summed E-state index contributed by atoms with van der Waals surface area (Å²) in [5, 5.41) is 7.28. The lowest BCUT2D eigenvalue weighted by molar-refractivity contribution is 0.0987. The third kappa shape index (κ3) is 1.41. The summed E-state index contributed by atoms with van der Waals surface area (Å²) in [4.78, 5) is 14.5. The number of primary amides is 1. The van der Waals surface area contributed by atoms with Crippen molar-refractivity contribution >= 4 is 11.7 Å². The Labute approximate surface area is 83.9 Å². The highest BCUT2D eigenvalue weighted by molar-refractivity contribution is 5.89. The average Bonchev–Trinajstić information content (AvgIpc) is 2.76. The van der Waals surface area contributed by atoms with Crippen molar-refractivity contribution in [3.63, 3.8) is 0 Å². The van der Waals surface area contributed by atoms with E-state index in [1.807, 2.05) is 0 Å². The van der Waals surface area contributed by atoms with Gasteiger partial charge in [-0.15, -0.1) is 0 Å². The molecule has 1 amide bonds. The third-order valence-electron chi connectivity index (χ3n) is 1.86. The summed E-state index contributed by atoms with van der Waals surface area (Å²) in [5.41, 5.74) is 11.1. The lowest BCUT2D eigenvalue weighted by Gasteiger charge is -1.93. The molecule has 0 bridgehead atoms. The van der Waals surface area contributed by atoms with Crippen LogP contribution >= 0.6 is 0 Å². The molecule has 4 N–H and O–H groups in total. The minimum Gasteiger partial charge on any atom is -0.383 e. The van der Waals surface area contributed by atoms with Crippen LogP contribution < -0.4 is 11.5 Å². The molecule has 0 unspecified atom stereocenters. The van der Waals surface area contributed by atoms with Gasteiger partial charge in [0.2, 0.25) is 0 Å². The first kappa shape index (κ1) is 9.19. The standard InChI is InChI=1S/C7H8N6O2/c1-13-4(8)3(2-10-13)7-11-6(5(9)14)12-15-7/h2H,8H2,1H3,(H2,9,14). The summed E-state index contributed by atoms with van der Waals surface area (Å²) in [6.45, 7) is 0. The van der Waals surface area contributed by atoms with Crippen LogP contribution in [0.15, 0.2) is 10.7 Å². The van der Waals surface area contributed by atoms with Crippen LogP contribution in [0.3, 0.4) is 0 Å². The van der Waals surface area contributed by atoms with Crippen LogP contribution in [0.4, 0.5) is 5.82 Å². The molecule has 0 atom stereocenters. The molecular formula is C7H8N6O2. The Morgan fingerprint density at radius 1 is 1.60 bits per heavy atom. The fourth-order valence-corrected chi connectivity index (χ4v) is 1.04. The van der Waals surface area contributed by atoms with Gasteiger partial charge < -0.3 is 16.0 Å². The first-order chi connectivity index (χ1) is 7.09. The van der Waals surface area contributed by atoms with Crippen molar-refractivity contribution in [2.75, 3.05) is 5.73 Å². The van der Waals surface area contributed by atoms with Gasteiger partial charge in [0.25, 0.3) is 17.6 Å². The van der Waals surface area contributed by atoms with Gasteiger partial charge in [-0.2, -0.15) is 10.1 Å². The van der Waals surface area contributed by atoms with Crippen LogP contribution in [0.25, 0.3) is 11.5 Å². The summed E-state index contributed by atoms with van der Waals surface area (Å²) in [6, 6.07) is 0. The molecule has 8 heteroatoms. The Bertz CT molecular complexity index is 513. The SMILES string of the molecule is Cn1ncc(-c2nc(C(N)=O)no2)c1N. The topological polar surface area (TPSA) is 126 Å². The Balaban J connectivity index is 2.46. The molecule has 2 heterocycles. The smallest absolute Gasteiger partial charge is 0.290 e. The second kappa shape index (κ2) is 3.08. The molecule has 0 aliphatic heterocycles. The van der Waals surface area contributed by atoms with E-state index < -0.39 is 5.91 Å². The van der Waals surface area contributed by atoms with E-state index in [2.05, 4.69) is 15.2 Å². The largest absolute Gasteiger partial charge is 0.383 e. The second-order valence-corrected chi connectivity index (χ2v) is 2.85. The van der Waals surface area contributed by atoms with Gasteiger partial charge in [0, 0.05) is 7.05 Å². The Hall–Kier alpha value is -2.38. The molecule has 8 nitrogen and oxygen atoms in total. The van der Waals surface area contributed by atoms with E-state index in [4.69, 9.17) is 16.0 Å². The van der Waals surface area contributed by atoms with Crippen molar-refractivity contribution in [2.45, 2.75) is 0 Å². The number of amides is 1. The maximum Gasteiger partial charge on any atom is 0.290 e. The van der Waals surface area contributed by atoms with Crippen LogP contribution in [-0.4, -0.2) is 25.8 Å². The van der Waals surface area contributed by atoms with Crippen LogP contribution in [0, 0.1) is 0 Å². The molecule has 2 aromatic heterocycles. The molecule has 2 aromatic rings. The number of hydrogen-bond acceptors (Lipinski definition) is 6. The lowest BCUT2D eigenvalue weighted by Crippen LogP contribution is -2.12. The molecular weight excluding hydrogens is 200 g/mol. The van der Waals surface area contributed by atoms with Gasteiger partial charge in [-0.05, 0) is 0 Å². The van der Waals surface area contributed by atoms with Gasteiger partial charge >= 0.3 is 0 Å². The molecule has 0 spiro atoms. The summed E-state index contributed by atoms with van der Waals surface area (Å²) in [5.74, 6) is -0.454. The van der Waals surface area contributed by atoms with Gasteiger partial charge in [-0.3, -0.25) is 9.48 Å². The lowest BCUT2D eigenvalue weighted by atomic mass is 10.3. The number of anilines is 1. The van der Waals surface area contributed by atoms with Crippen molar-refractivity contribution in [2.24, 2.45) is 12.8 Å². The average molecular weight is 208 g/mol. The van der Waals surface area contributed by atoms with E-state index in [9.17, 15) is 4.79 Å². The third-order valence-corrected chi connectivity index (χ3v) is 1.86. The molecule has 15 heavy (non-hydrogen) atoms. The number of carbonyl (C=O) groups excluding carboxylic acids is 1. The molecule has 0 aliphatic rings. The first-order valence-corrected chi connectivity index (χ1v) is 4.01. The molecule has 0 radical (unpaired) electrons. The number of hydrogen-bond donors (Lipinski definition) is 2. The number of nitrogens with zero attached hydrogens (tertiary/aromatic N) is 4. The van der Waals surface area contributed by atoms with Crippen molar-refractivity contribution in [1.29, 1.82) is 0 Å². The summed E-state index contributed by atoms with van der Waals surface area (Å²) in [7, 11) is 1.67. The van der Waals surface area contributed by atoms with Gasteiger partial charge in [-0.1, -0.05) is 5.16 Å². The minimum absolute atomic E-state index is 0.120. The Kier molecular flexibility index (Phi) is 1.89. The fraction of sp³-hybridized carbons (Fsp3) is 0.143. The highest BCUT2D eigenvalue weighted by Crippen LogP contribution is 2.22. The van der Waals surface area contributed by atoms with Gasteiger partial charge in [0.15, 0.2) is 0 Å². The summed E-state index contributed by atoms with van der Waals surface area (Å²) in [6.07, 6.45) is 1.47. The van der Waals surface area contributed by atoms with Crippen LogP contribution in [0.2, 0.25) is 0 Å². The van der Waals surface area contributed by atoms with E-state index in [0.29, 0.717) is 11.4 Å². The predicted octanol–water partition coefficient (Wildman–Crippen LogP) is -0.849. The molecule has 2 rings (SSSR count). The number of rotatable bonds is 2. The van der Waals surface area contributed by atoms with Gasteiger partial charge in [-0.25, -0.2) is 0 Å². The minimum atomic E-state index is -0.757. The van der Waals surface area contributed by atoms with Crippen molar-refractivity contribution in [1.82, 2.24) is 19.9 Å². The summed E-state index contributed by atoms with van der Waals surface area (Å²) >= 11 is 0. The van der Waals surface area contributed by atoms with E-state index in [1.54, 1.807) is 7.05 Å². The Morgan fingerprint density at radius 3 is 2.80 bits per heavy atom. The van der Waals surface area contributed by atoms with Crippen LogP contribution in [0.1, 0.15) is 10.6 Å². The zero-order valence-corrected chi connectivity index (χ0v) is 7.84. The monoisotopic (exact) mass is 208 g/mol. The normalized spacial score (nSPS) is 10.5. The molecule has 78 valence electrons. The molecule has 0 saturated carbocycles. The number of carbonyl (C=O) groups is 1. The zero-order chi connectivity index (χ0) is 11.0. The first-order valence-electron chi connectivity index (χ1n) is 4.01. The summed E-state index contributed by atoms with van der Waals surface area (Å²) < 4.78 is 6.26. The van der Waals surface area contributed by atoms with E-state index in [-0.39, 0.29) is 11.7 Å². The highest BCUT2D eigenvalue weighted by atomic mass is 16.5. The molecule has 0 aromatic carbocycles. The van der Waals surface area contributed by atoms with E-state index in [0.717, 1.165) is 0 Å². The number of aromatic nitrogens is 4. The number of nitrogens with two attached hydrogens (primary N) is 2. The molecule has 0 saturated heterocycles. The number of aryl methyl sites for hydroxylation is 1. The van der Waals surface area contributed by atoms with Gasteiger partial charge in [0.1, 0.15) is 11.4 Å². The highest BCUT2D eigenvalue weighted by Gasteiger charge is 2.16. The quantitative estimate of drug-likeness (QED) is 0.662. The van der Waals surface area contributed by atoms with Gasteiger partial charge in [0.05, 0.1) is 6.20 Å². The van der Waals surface area contributed by atoms with Crippen LogP contribution in [-0.2, 0) is 7.05 Å². The van der Waals surface area contributed by atoms with E-state index in [1.165, 1.54) is 10.9 Å². The maximum absolute atomic E-state index is 10.7. The number of nitrogen functional groups attached to an aromatic ring is 1. The van der Waals surface area contributed by atoms with Crippen LogP contribution in [0.5, 0.6) is 0 Å².